The van der Waals surface area contributed by atoms with E-state index < -0.39 is 0 Å². The zero-order valence-corrected chi connectivity index (χ0v) is 13.5. The largest absolute Gasteiger partial charge is 0.380 e. The number of hydrogen-bond donors (Lipinski definition) is 2. The molecule has 1 aromatic carbocycles. The molecule has 1 rings (SSSR count). The molecule has 0 fully saturated rings. The zero-order chi connectivity index (χ0) is 14.8. The van der Waals surface area contributed by atoms with Gasteiger partial charge in [-0.15, -0.1) is 0 Å². The molecule has 4 nitrogen and oxygen atoms in total. The first-order chi connectivity index (χ1) is 9.67. The topological polar surface area (TPSA) is 45.7 Å². The first-order valence-electron chi connectivity index (χ1n) is 6.71. The van der Waals surface area contributed by atoms with Crippen molar-refractivity contribution >= 4 is 21.9 Å². The van der Waals surface area contributed by atoms with Crippen LogP contribution in [0.5, 0.6) is 0 Å². The first kappa shape index (κ1) is 16.9. The van der Waals surface area contributed by atoms with E-state index in [-0.39, 0.29) is 5.82 Å². The molecule has 1 aromatic rings. The average molecular weight is 346 g/mol. The molecule has 0 atom stereocenters. The molecule has 0 aliphatic carbocycles. The van der Waals surface area contributed by atoms with Crippen LogP contribution in [0.15, 0.2) is 27.7 Å². The van der Waals surface area contributed by atoms with Gasteiger partial charge < -0.3 is 15.4 Å². The summed E-state index contributed by atoms with van der Waals surface area (Å²) in [5.41, 5.74) is 0.812. The Kier molecular flexibility index (Phi) is 8.22. The summed E-state index contributed by atoms with van der Waals surface area (Å²) in [5.74, 6) is 0.441. The maximum atomic E-state index is 13.2. The maximum absolute atomic E-state index is 13.2. The van der Waals surface area contributed by atoms with E-state index in [0.29, 0.717) is 32.3 Å². The van der Waals surface area contributed by atoms with E-state index in [1.165, 1.54) is 12.1 Å². The highest BCUT2D eigenvalue weighted by atomic mass is 79.9. The molecular weight excluding hydrogens is 325 g/mol. The molecule has 0 radical (unpaired) electrons. The number of guanidine groups is 1. The van der Waals surface area contributed by atoms with E-state index in [2.05, 4.69) is 31.6 Å². The van der Waals surface area contributed by atoms with Crippen LogP contribution in [0.1, 0.15) is 19.4 Å². The normalized spacial score (nSPS) is 11.5. The number of benzene rings is 1. The Morgan fingerprint density at radius 1 is 1.35 bits per heavy atom. The van der Waals surface area contributed by atoms with Crippen LogP contribution in [0.25, 0.3) is 0 Å². The molecular formula is C14H21BrFN3O. The smallest absolute Gasteiger partial charge is 0.191 e. The van der Waals surface area contributed by atoms with Crippen molar-refractivity contribution in [2.75, 3.05) is 26.3 Å². The minimum Gasteiger partial charge on any atom is -0.380 e. The van der Waals surface area contributed by atoms with E-state index in [1.54, 1.807) is 6.07 Å². The second-order valence-electron chi connectivity index (χ2n) is 4.05. The predicted octanol–water partition coefficient (Wildman–Crippen LogP) is 2.68. The minimum absolute atomic E-state index is 0.257. The highest BCUT2D eigenvalue weighted by Gasteiger charge is 2.02. The fourth-order valence-corrected chi connectivity index (χ4v) is 1.93. The van der Waals surface area contributed by atoms with E-state index in [4.69, 9.17) is 4.74 Å². The van der Waals surface area contributed by atoms with E-state index in [0.717, 1.165) is 16.6 Å². The zero-order valence-electron chi connectivity index (χ0n) is 11.9. The van der Waals surface area contributed by atoms with Gasteiger partial charge >= 0.3 is 0 Å². The lowest BCUT2D eigenvalue weighted by Crippen LogP contribution is -2.39. The van der Waals surface area contributed by atoms with Gasteiger partial charge in [-0.3, -0.25) is 0 Å². The van der Waals surface area contributed by atoms with Crippen LogP contribution in [0.3, 0.4) is 0 Å². The van der Waals surface area contributed by atoms with E-state index >= 15 is 0 Å². The van der Waals surface area contributed by atoms with Gasteiger partial charge in [0.25, 0.3) is 0 Å². The molecule has 20 heavy (non-hydrogen) atoms. The highest BCUT2D eigenvalue weighted by Crippen LogP contribution is 2.18. The standard InChI is InChI=1S/C14H21BrFN3O/c1-3-17-14(18-7-8-20-4-2)19-10-11-9-12(16)5-6-13(11)15/h5-6,9H,3-4,7-8,10H2,1-2H3,(H2,17,18,19). The van der Waals surface area contributed by atoms with Crippen LogP contribution in [-0.2, 0) is 11.3 Å². The first-order valence-corrected chi connectivity index (χ1v) is 7.50. The fraction of sp³-hybridized carbons (Fsp3) is 0.500. The number of aliphatic imine (C=N–C) groups is 1. The Morgan fingerprint density at radius 3 is 2.85 bits per heavy atom. The summed E-state index contributed by atoms with van der Waals surface area (Å²) < 4.78 is 19.3. The van der Waals surface area contributed by atoms with Gasteiger partial charge in [0.1, 0.15) is 5.82 Å². The number of nitrogens with one attached hydrogen (secondary N) is 2. The van der Waals surface area contributed by atoms with E-state index in [9.17, 15) is 4.39 Å². The van der Waals surface area contributed by atoms with Crippen LogP contribution in [-0.4, -0.2) is 32.3 Å². The summed E-state index contributed by atoms with van der Waals surface area (Å²) in [6.45, 7) is 7.14. The minimum atomic E-state index is -0.257. The summed E-state index contributed by atoms with van der Waals surface area (Å²) in [5, 5.41) is 6.30. The van der Waals surface area contributed by atoms with Gasteiger partial charge in [-0.25, -0.2) is 9.38 Å². The molecule has 0 spiro atoms. The number of rotatable bonds is 7. The second kappa shape index (κ2) is 9.72. The van der Waals surface area contributed by atoms with Gasteiger partial charge in [-0.05, 0) is 37.6 Å². The van der Waals surface area contributed by atoms with Crippen molar-refractivity contribution in [3.63, 3.8) is 0 Å². The molecule has 0 unspecified atom stereocenters. The van der Waals surface area contributed by atoms with Crippen molar-refractivity contribution in [2.45, 2.75) is 20.4 Å². The third kappa shape index (κ3) is 6.34. The van der Waals surface area contributed by atoms with Gasteiger partial charge in [0.2, 0.25) is 0 Å². The molecule has 0 aliphatic heterocycles. The molecule has 0 aliphatic rings. The Bertz CT molecular complexity index is 440. The summed E-state index contributed by atoms with van der Waals surface area (Å²) in [4.78, 5) is 4.43. The number of hydrogen-bond acceptors (Lipinski definition) is 2. The summed E-state index contributed by atoms with van der Waals surface area (Å²) >= 11 is 3.40. The molecule has 0 amide bonds. The lowest BCUT2D eigenvalue weighted by Gasteiger charge is -2.11. The van der Waals surface area contributed by atoms with Crippen molar-refractivity contribution < 1.29 is 9.13 Å². The van der Waals surface area contributed by atoms with Crippen LogP contribution >= 0.6 is 15.9 Å². The van der Waals surface area contributed by atoms with Crippen molar-refractivity contribution in [3.05, 3.63) is 34.1 Å². The molecule has 0 bridgehead atoms. The van der Waals surface area contributed by atoms with Gasteiger partial charge in [-0.1, -0.05) is 15.9 Å². The van der Waals surface area contributed by atoms with Crippen LogP contribution in [0.2, 0.25) is 0 Å². The fourth-order valence-electron chi connectivity index (χ4n) is 1.56. The van der Waals surface area contributed by atoms with Crippen molar-refractivity contribution in [2.24, 2.45) is 4.99 Å². The van der Waals surface area contributed by atoms with Gasteiger partial charge in [0.05, 0.1) is 13.2 Å². The SMILES string of the molecule is CCNC(=NCc1cc(F)ccc1Br)NCCOCC. The van der Waals surface area contributed by atoms with Crippen LogP contribution in [0, 0.1) is 5.82 Å². The molecule has 6 heteroatoms. The van der Waals surface area contributed by atoms with E-state index in [1.807, 2.05) is 13.8 Å². The van der Waals surface area contributed by atoms with Crippen LogP contribution < -0.4 is 10.6 Å². The summed E-state index contributed by atoms with van der Waals surface area (Å²) in [6.07, 6.45) is 0. The van der Waals surface area contributed by atoms with Crippen molar-refractivity contribution in [3.8, 4) is 0 Å². The van der Waals surface area contributed by atoms with Crippen molar-refractivity contribution in [1.29, 1.82) is 0 Å². The Labute approximate surface area is 127 Å². The molecule has 0 aromatic heterocycles. The lowest BCUT2D eigenvalue weighted by atomic mass is 10.2. The van der Waals surface area contributed by atoms with Crippen LogP contribution in [0.4, 0.5) is 4.39 Å². The third-order valence-corrected chi connectivity index (χ3v) is 3.28. The molecule has 112 valence electrons. The number of nitrogens with zero attached hydrogens (tertiary/aromatic N) is 1. The van der Waals surface area contributed by atoms with Crippen molar-refractivity contribution in [1.82, 2.24) is 10.6 Å². The summed E-state index contributed by atoms with van der Waals surface area (Å²) in [7, 11) is 0. The lowest BCUT2D eigenvalue weighted by molar-refractivity contribution is 0.152. The Hall–Kier alpha value is -1.14. The highest BCUT2D eigenvalue weighted by molar-refractivity contribution is 9.10. The molecule has 0 saturated carbocycles. The van der Waals surface area contributed by atoms with Gasteiger partial charge in [0.15, 0.2) is 5.96 Å². The van der Waals surface area contributed by atoms with Gasteiger partial charge in [0, 0.05) is 24.2 Å². The Balaban J connectivity index is 2.59. The average Bonchev–Trinajstić information content (AvgIpc) is 2.44. The molecule has 2 N–H and O–H groups in total. The third-order valence-electron chi connectivity index (χ3n) is 2.50. The van der Waals surface area contributed by atoms with Gasteiger partial charge in [-0.2, -0.15) is 0 Å². The quantitative estimate of drug-likeness (QED) is 0.453. The molecule has 0 saturated heterocycles. The number of ether oxygens (including phenoxy) is 1. The monoisotopic (exact) mass is 345 g/mol. The maximum Gasteiger partial charge on any atom is 0.191 e. The number of halogens is 2. The molecule has 0 heterocycles. The second-order valence-corrected chi connectivity index (χ2v) is 4.91. The summed E-state index contributed by atoms with van der Waals surface area (Å²) in [6, 6.07) is 4.59. The predicted molar refractivity (Wildman–Crippen MR) is 83.4 cm³/mol. The Morgan fingerprint density at radius 2 is 2.15 bits per heavy atom.